The second-order valence-electron chi connectivity index (χ2n) is 6.49. The topological polar surface area (TPSA) is 106 Å². The number of oxazole rings is 1. The maximum Gasteiger partial charge on any atom is 0.274 e. The molecule has 2 amide bonds. The highest BCUT2D eigenvalue weighted by Gasteiger charge is 2.24. The van der Waals surface area contributed by atoms with E-state index in [2.05, 4.69) is 20.6 Å². The molecule has 0 bridgehead atoms. The Labute approximate surface area is 178 Å². The molecule has 1 aromatic carbocycles. The van der Waals surface area contributed by atoms with Gasteiger partial charge >= 0.3 is 0 Å². The molecule has 0 fully saturated rings. The highest BCUT2D eigenvalue weighted by molar-refractivity contribution is 6.33. The zero-order valence-corrected chi connectivity index (χ0v) is 17.5. The molecule has 3 rings (SSSR count). The zero-order chi connectivity index (χ0) is 21.7. The average Bonchev–Trinajstić information content (AvgIpc) is 3.14. The van der Waals surface area contributed by atoms with Crippen LogP contribution in [0.15, 0.2) is 40.9 Å². The molecule has 3 aromatic rings. The molecule has 0 aliphatic carbocycles. The molecule has 2 N–H and O–H groups in total. The van der Waals surface area contributed by atoms with Gasteiger partial charge in [-0.25, -0.2) is 9.97 Å². The Balaban J connectivity index is 2.09. The lowest BCUT2D eigenvalue weighted by molar-refractivity contribution is -0.114. The zero-order valence-electron chi connectivity index (χ0n) is 16.8. The summed E-state index contributed by atoms with van der Waals surface area (Å²) in [5.74, 6) is 0.160. The van der Waals surface area contributed by atoms with Crippen molar-refractivity contribution in [3.8, 4) is 22.8 Å². The maximum atomic E-state index is 12.8. The van der Waals surface area contributed by atoms with E-state index in [9.17, 15) is 9.59 Å². The largest absolute Gasteiger partial charge is 0.435 e. The van der Waals surface area contributed by atoms with E-state index in [1.165, 1.54) is 6.92 Å². The van der Waals surface area contributed by atoms with Gasteiger partial charge in [-0.05, 0) is 30.7 Å². The number of aryl methyl sites for hydroxylation is 1. The summed E-state index contributed by atoms with van der Waals surface area (Å²) >= 11 is 6.33. The first-order valence-corrected chi connectivity index (χ1v) is 9.56. The van der Waals surface area contributed by atoms with Gasteiger partial charge in [0.1, 0.15) is 5.82 Å². The lowest BCUT2D eigenvalue weighted by atomic mass is 10.1. The number of anilines is 1. The number of hydrogen-bond donors (Lipinski definition) is 2. The molecule has 2 aromatic heterocycles. The second-order valence-corrected chi connectivity index (χ2v) is 6.90. The summed E-state index contributed by atoms with van der Waals surface area (Å²) in [5.41, 5.74) is 2.01. The van der Waals surface area contributed by atoms with Crippen LogP contribution in [0.2, 0.25) is 5.02 Å². The van der Waals surface area contributed by atoms with E-state index in [1.807, 2.05) is 6.92 Å². The first-order valence-electron chi connectivity index (χ1n) is 9.18. The number of hydrogen-bond acceptors (Lipinski definition) is 6. The quantitative estimate of drug-likeness (QED) is 0.556. The van der Waals surface area contributed by atoms with Gasteiger partial charge in [-0.3, -0.25) is 9.59 Å². The van der Waals surface area contributed by atoms with Crippen LogP contribution >= 0.6 is 11.6 Å². The van der Waals surface area contributed by atoms with Crippen LogP contribution in [0, 0.1) is 6.92 Å². The Hall–Kier alpha value is -3.23. The van der Waals surface area contributed by atoms with Crippen LogP contribution in [0.25, 0.3) is 22.8 Å². The summed E-state index contributed by atoms with van der Waals surface area (Å²) in [5, 5.41) is 5.80. The molecule has 156 valence electrons. The van der Waals surface area contributed by atoms with E-state index in [-0.39, 0.29) is 23.3 Å². The van der Waals surface area contributed by atoms with Gasteiger partial charge in [0.05, 0.1) is 11.6 Å². The monoisotopic (exact) mass is 428 g/mol. The van der Waals surface area contributed by atoms with Crippen LogP contribution < -0.4 is 10.6 Å². The summed E-state index contributed by atoms with van der Waals surface area (Å²) in [6, 6.07) is 8.68. The number of nitrogens with one attached hydrogen (secondary N) is 2. The molecule has 9 heteroatoms. The number of pyridine rings is 1. The van der Waals surface area contributed by atoms with Crippen molar-refractivity contribution in [2.45, 2.75) is 13.8 Å². The predicted octanol–water partition coefficient (Wildman–Crippen LogP) is 3.70. The first-order chi connectivity index (χ1) is 14.4. The van der Waals surface area contributed by atoms with Crippen molar-refractivity contribution in [2.24, 2.45) is 0 Å². The normalized spacial score (nSPS) is 10.7. The molecule has 30 heavy (non-hydrogen) atoms. The molecule has 0 saturated heterocycles. The minimum Gasteiger partial charge on any atom is -0.435 e. The van der Waals surface area contributed by atoms with Crippen molar-refractivity contribution in [3.63, 3.8) is 0 Å². The number of carbonyl (C=O) groups excluding carboxylic acids is 2. The lowest BCUT2D eigenvalue weighted by Crippen LogP contribution is -2.27. The van der Waals surface area contributed by atoms with Crippen molar-refractivity contribution < 1.29 is 18.7 Å². The Morgan fingerprint density at radius 3 is 2.70 bits per heavy atom. The van der Waals surface area contributed by atoms with Crippen molar-refractivity contribution in [1.82, 2.24) is 15.3 Å². The number of methoxy groups -OCH3 is 1. The first kappa shape index (κ1) is 21.5. The summed E-state index contributed by atoms with van der Waals surface area (Å²) in [6.45, 7) is 3.91. The fourth-order valence-corrected chi connectivity index (χ4v) is 2.99. The van der Waals surface area contributed by atoms with Gasteiger partial charge in [0.15, 0.2) is 11.5 Å². The maximum absolute atomic E-state index is 12.8. The summed E-state index contributed by atoms with van der Waals surface area (Å²) in [6.07, 6.45) is 1.60. The van der Waals surface area contributed by atoms with Crippen LogP contribution in [0.1, 0.15) is 23.0 Å². The van der Waals surface area contributed by atoms with Gasteiger partial charge in [-0.1, -0.05) is 23.7 Å². The molecule has 0 atom stereocenters. The summed E-state index contributed by atoms with van der Waals surface area (Å²) < 4.78 is 11.0. The van der Waals surface area contributed by atoms with Crippen LogP contribution in [0.5, 0.6) is 0 Å². The standard InChI is InChI=1S/C21H21ClN4O4/c1-12-11-24-17(25-13(2)27)10-15(12)21-26-18(20(28)23-8-9-29-3)19(30-21)14-6-4-5-7-16(14)22/h4-7,10-11H,8-9H2,1-3H3,(H,23,28)(H,24,25,27). The Morgan fingerprint density at radius 2 is 2.00 bits per heavy atom. The van der Waals surface area contributed by atoms with Crippen LogP contribution in [0.3, 0.4) is 0 Å². The Morgan fingerprint density at radius 1 is 1.23 bits per heavy atom. The van der Waals surface area contributed by atoms with Gasteiger partial charge in [-0.15, -0.1) is 0 Å². The number of amides is 2. The number of halogens is 1. The number of carbonyl (C=O) groups is 2. The predicted molar refractivity (Wildman–Crippen MR) is 113 cm³/mol. The average molecular weight is 429 g/mol. The van der Waals surface area contributed by atoms with Gasteiger partial charge in [0.25, 0.3) is 5.91 Å². The summed E-state index contributed by atoms with van der Waals surface area (Å²) in [4.78, 5) is 32.8. The lowest BCUT2D eigenvalue weighted by Gasteiger charge is -2.05. The number of benzene rings is 1. The fraction of sp³-hybridized carbons (Fsp3) is 0.238. The molecule has 8 nitrogen and oxygen atoms in total. The molecular weight excluding hydrogens is 408 g/mol. The van der Waals surface area contributed by atoms with Crippen molar-refractivity contribution in [2.75, 3.05) is 25.6 Å². The number of ether oxygens (including phenoxy) is 1. The van der Waals surface area contributed by atoms with Gasteiger partial charge in [0, 0.05) is 37.9 Å². The highest BCUT2D eigenvalue weighted by atomic mass is 35.5. The number of rotatable bonds is 7. The van der Waals surface area contributed by atoms with Crippen LogP contribution in [-0.4, -0.2) is 42.0 Å². The third-order valence-corrected chi connectivity index (χ3v) is 4.52. The van der Waals surface area contributed by atoms with Crippen molar-refractivity contribution in [3.05, 3.63) is 52.8 Å². The minimum atomic E-state index is -0.411. The van der Waals surface area contributed by atoms with E-state index >= 15 is 0 Å². The molecule has 0 aliphatic rings. The SMILES string of the molecule is COCCNC(=O)c1nc(-c2cc(NC(C)=O)ncc2C)oc1-c1ccccc1Cl. The van der Waals surface area contributed by atoms with E-state index < -0.39 is 5.91 Å². The molecule has 0 radical (unpaired) electrons. The molecule has 0 aliphatic heterocycles. The smallest absolute Gasteiger partial charge is 0.274 e. The van der Waals surface area contributed by atoms with Crippen molar-refractivity contribution >= 4 is 29.2 Å². The summed E-state index contributed by atoms with van der Waals surface area (Å²) in [7, 11) is 1.55. The van der Waals surface area contributed by atoms with E-state index in [1.54, 1.807) is 43.6 Å². The van der Waals surface area contributed by atoms with Crippen LogP contribution in [0.4, 0.5) is 5.82 Å². The third-order valence-electron chi connectivity index (χ3n) is 4.19. The Bertz CT molecular complexity index is 1080. The Kier molecular flexibility index (Phi) is 6.81. The van der Waals surface area contributed by atoms with Crippen LogP contribution in [-0.2, 0) is 9.53 Å². The number of nitrogens with zero attached hydrogens (tertiary/aromatic N) is 2. The van der Waals surface area contributed by atoms with E-state index in [0.29, 0.717) is 35.1 Å². The number of aromatic nitrogens is 2. The molecule has 0 unspecified atom stereocenters. The second kappa shape index (κ2) is 9.51. The van der Waals surface area contributed by atoms with E-state index in [4.69, 9.17) is 20.8 Å². The van der Waals surface area contributed by atoms with E-state index in [0.717, 1.165) is 5.56 Å². The van der Waals surface area contributed by atoms with Gasteiger partial charge in [0.2, 0.25) is 11.8 Å². The third kappa shape index (κ3) is 4.84. The highest BCUT2D eigenvalue weighted by Crippen LogP contribution is 2.35. The molecule has 0 spiro atoms. The minimum absolute atomic E-state index is 0.103. The van der Waals surface area contributed by atoms with Gasteiger partial charge in [-0.2, -0.15) is 0 Å². The van der Waals surface area contributed by atoms with Crippen molar-refractivity contribution in [1.29, 1.82) is 0 Å². The fourth-order valence-electron chi connectivity index (χ4n) is 2.77. The molecule has 2 heterocycles. The molecule has 0 saturated carbocycles. The van der Waals surface area contributed by atoms with Gasteiger partial charge < -0.3 is 19.8 Å². The molecular formula is C21H21ClN4O4.